The highest BCUT2D eigenvalue weighted by atomic mass is 14.3. The lowest BCUT2D eigenvalue weighted by molar-refractivity contribution is 0.290. The molecule has 0 fully saturated rings. The monoisotopic (exact) mass is 300 g/mol. The molecule has 4 aromatic rings. The van der Waals surface area contributed by atoms with E-state index in [9.17, 15) is 0 Å². The fourth-order valence-electron chi connectivity index (χ4n) is 3.86. The first kappa shape index (κ1) is 14.5. The maximum Gasteiger partial charge on any atom is -0.00239 e. The Morgan fingerprint density at radius 2 is 1.35 bits per heavy atom. The molecule has 1 atom stereocenters. The summed E-state index contributed by atoms with van der Waals surface area (Å²) >= 11 is 0. The van der Waals surface area contributed by atoms with Gasteiger partial charge in [-0.3, -0.25) is 0 Å². The van der Waals surface area contributed by atoms with Crippen LogP contribution in [0.3, 0.4) is 0 Å². The van der Waals surface area contributed by atoms with Crippen molar-refractivity contribution in [1.29, 1.82) is 0 Å². The van der Waals surface area contributed by atoms with Crippen LogP contribution in [0.15, 0.2) is 54.6 Å². The molecule has 0 radical (unpaired) electrons. The first-order chi connectivity index (χ1) is 11.0. The SMILES string of the molecule is CCC(C)(C)C(C)c1ccc2ccc3cccc4ccc1c2c34. The topological polar surface area (TPSA) is 0 Å². The van der Waals surface area contributed by atoms with Crippen LogP contribution in [0.1, 0.15) is 45.6 Å². The molecule has 116 valence electrons. The average Bonchev–Trinajstić information content (AvgIpc) is 2.59. The first-order valence-electron chi connectivity index (χ1n) is 8.69. The Balaban J connectivity index is 2.12. The van der Waals surface area contributed by atoms with E-state index in [2.05, 4.69) is 82.3 Å². The minimum absolute atomic E-state index is 0.308. The third-order valence-corrected chi connectivity index (χ3v) is 6.11. The predicted molar refractivity (Wildman–Crippen MR) is 103 cm³/mol. The van der Waals surface area contributed by atoms with Gasteiger partial charge in [0.15, 0.2) is 0 Å². The number of benzene rings is 4. The summed E-state index contributed by atoms with van der Waals surface area (Å²) in [5.41, 5.74) is 1.80. The number of hydrogen-bond acceptors (Lipinski definition) is 0. The van der Waals surface area contributed by atoms with E-state index in [4.69, 9.17) is 0 Å². The van der Waals surface area contributed by atoms with Crippen LogP contribution in [0.25, 0.3) is 32.3 Å². The van der Waals surface area contributed by atoms with Crippen molar-refractivity contribution in [3.05, 3.63) is 60.2 Å². The van der Waals surface area contributed by atoms with E-state index in [0.717, 1.165) is 0 Å². The first-order valence-corrected chi connectivity index (χ1v) is 8.69. The van der Waals surface area contributed by atoms with Crippen molar-refractivity contribution < 1.29 is 0 Å². The van der Waals surface area contributed by atoms with Crippen molar-refractivity contribution in [3.63, 3.8) is 0 Å². The predicted octanol–water partition coefficient (Wildman–Crippen LogP) is 7.12. The van der Waals surface area contributed by atoms with Crippen LogP contribution in [0.2, 0.25) is 0 Å². The summed E-state index contributed by atoms with van der Waals surface area (Å²) in [7, 11) is 0. The molecule has 0 aliphatic rings. The third kappa shape index (κ3) is 2.05. The summed E-state index contributed by atoms with van der Waals surface area (Å²) in [6.07, 6.45) is 1.19. The van der Waals surface area contributed by atoms with E-state index in [1.54, 1.807) is 0 Å². The molecule has 0 bridgehead atoms. The molecule has 0 saturated carbocycles. The largest absolute Gasteiger partial charge is 0.0649 e. The average molecular weight is 300 g/mol. The van der Waals surface area contributed by atoms with Gasteiger partial charge in [-0.2, -0.15) is 0 Å². The second-order valence-corrected chi connectivity index (χ2v) is 7.57. The maximum absolute atomic E-state index is 2.38. The molecule has 1 unspecified atom stereocenters. The Kier molecular flexibility index (Phi) is 3.13. The highest BCUT2D eigenvalue weighted by Gasteiger charge is 2.26. The molecule has 4 aromatic carbocycles. The lowest BCUT2D eigenvalue weighted by Gasteiger charge is -2.32. The van der Waals surface area contributed by atoms with E-state index in [1.165, 1.54) is 44.3 Å². The van der Waals surface area contributed by atoms with Crippen LogP contribution in [0, 0.1) is 5.41 Å². The van der Waals surface area contributed by atoms with E-state index in [0.29, 0.717) is 11.3 Å². The smallest absolute Gasteiger partial charge is 0.00239 e. The molecular weight excluding hydrogens is 276 g/mol. The second-order valence-electron chi connectivity index (χ2n) is 7.57. The molecule has 0 aliphatic heterocycles. The number of hydrogen-bond donors (Lipinski definition) is 0. The standard InChI is InChI=1S/C23H24/c1-5-23(3,4)15(2)19-13-11-18-10-9-16-7-6-8-17-12-14-20(19)22(18)21(16)17/h6-15H,5H2,1-4H3. The Bertz CT molecular complexity index is 975. The summed E-state index contributed by atoms with van der Waals surface area (Å²) in [6, 6.07) is 20.4. The summed E-state index contributed by atoms with van der Waals surface area (Å²) in [5, 5.41) is 8.35. The van der Waals surface area contributed by atoms with Crippen molar-refractivity contribution in [2.75, 3.05) is 0 Å². The van der Waals surface area contributed by atoms with Crippen LogP contribution in [-0.4, -0.2) is 0 Å². The van der Waals surface area contributed by atoms with Crippen LogP contribution < -0.4 is 0 Å². The van der Waals surface area contributed by atoms with Crippen LogP contribution >= 0.6 is 0 Å². The van der Waals surface area contributed by atoms with Crippen molar-refractivity contribution in [2.45, 2.75) is 40.0 Å². The minimum atomic E-state index is 0.308. The molecule has 0 amide bonds. The zero-order valence-corrected chi connectivity index (χ0v) is 14.5. The van der Waals surface area contributed by atoms with Gasteiger partial charge in [-0.1, -0.05) is 88.7 Å². The molecule has 0 spiro atoms. The van der Waals surface area contributed by atoms with Crippen LogP contribution in [0.4, 0.5) is 0 Å². The molecule has 0 aromatic heterocycles. The summed E-state index contributed by atoms with van der Waals surface area (Å²) in [6.45, 7) is 9.45. The Morgan fingerprint density at radius 3 is 2.00 bits per heavy atom. The van der Waals surface area contributed by atoms with E-state index >= 15 is 0 Å². The fourth-order valence-corrected chi connectivity index (χ4v) is 3.86. The Morgan fingerprint density at radius 1 is 0.783 bits per heavy atom. The van der Waals surface area contributed by atoms with Gasteiger partial charge in [-0.25, -0.2) is 0 Å². The summed E-state index contributed by atoms with van der Waals surface area (Å²) < 4.78 is 0. The molecule has 0 nitrogen and oxygen atoms in total. The quantitative estimate of drug-likeness (QED) is 0.353. The zero-order chi connectivity index (χ0) is 16.2. The molecule has 0 N–H and O–H groups in total. The lowest BCUT2D eigenvalue weighted by Crippen LogP contribution is -2.19. The van der Waals surface area contributed by atoms with Gasteiger partial charge >= 0.3 is 0 Å². The van der Waals surface area contributed by atoms with Gasteiger partial charge in [-0.15, -0.1) is 0 Å². The molecule has 4 rings (SSSR count). The Labute approximate surface area is 138 Å². The van der Waals surface area contributed by atoms with Crippen molar-refractivity contribution in [1.82, 2.24) is 0 Å². The second kappa shape index (κ2) is 4.96. The van der Waals surface area contributed by atoms with Gasteiger partial charge in [0.1, 0.15) is 0 Å². The van der Waals surface area contributed by atoms with E-state index < -0.39 is 0 Å². The minimum Gasteiger partial charge on any atom is -0.0649 e. The van der Waals surface area contributed by atoms with Crippen molar-refractivity contribution >= 4 is 32.3 Å². The van der Waals surface area contributed by atoms with E-state index in [1.807, 2.05) is 0 Å². The van der Waals surface area contributed by atoms with Gasteiger partial charge in [0, 0.05) is 0 Å². The number of rotatable bonds is 3. The molecule has 23 heavy (non-hydrogen) atoms. The van der Waals surface area contributed by atoms with Gasteiger partial charge in [-0.05, 0) is 49.2 Å². The highest BCUT2D eigenvalue weighted by molar-refractivity contribution is 6.23. The van der Waals surface area contributed by atoms with Gasteiger partial charge < -0.3 is 0 Å². The third-order valence-electron chi connectivity index (χ3n) is 6.11. The van der Waals surface area contributed by atoms with E-state index in [-0.39, 0.29) is 0 Å². The summed E-state index contributed by atoms with van der Waals surface area (Å²) in [4.78, 5) is 0. The Hall–Kier alpha value is -2.08. The molecule has 0 saturated heterocycles. The molecule has 0 aliphatic carbocycles. The zero-order valence-electron chi connectivity index (χ0n) is 14.5. The van der Waals surface area contributed by atoms with Crippen molar-refractivity contribution in [2.24, 2.45) is 5.41 Å². The lowest BCUT2D eigenvalue weighted by atomic mass is 9.73. The van der Waals surface area contributed by atoms with Crippen LogP contribution in [-0.2, 0) is 0 Å². The molecular formula is C23H24. The highest BCUT2D eigenvalue weighted by Crippen LogP contribution is 2.43. The molecule has 0 heterocycles. The normalized spacial score (nSPS) is 14.1. The fraction of sp³-hybridized carbons (Fsp3) is 0.304. The molecule has 0 heteroatoms. The van der Waals surface area contributed by atoms with Gasteiger partial charge in [0.25, 0.3) is 0 Å². The summed E-state index contributed by atoms with van der Waals surface area (Å²) in [5.74, 6) is 0.539. The van der Waals surface area contributed by atoms with Gasteiger partial charge in [0.2, 0.25) is 0 Å². The maximum atomic E-state index is 2.38. The van der Waals surface area contributed by atoms with Crippen molar-refractivity contribution in [3.8, 4) is 0 Å². The van der Waals surface area contributed by atoms with Gasteiger partial charge in [0.05, 0.1) is 0 Å². The van der Waals surface area contributed by atoms with Crippen LogP contribution in [0.5, 0.6) is 0 Å².